The highest BCUT2D eigenvalue weighted by Gasteiger charge is 2.56. The molecule has 2 aliphatic heterocycles. The van der Waals surface area contributed by atoms with E-state index in [0.717, 1.165) is 5.56 Å². The van der Waals surface area contributed by atoms with Gasteiger partial charge in [-0.05, 0) is 31.2 Å². The van der Waals surface area contributed by atoms with E-state index >= 15 is 0 Å². The molecule has 0 aliphatic carbocycles. The van der Waals surface area contributed by atoms with Gasteiger partial charge >= 0.3 is 5.82 Å². The first-order valence-electron chi connectivity index (χ1n) is 8.13. The largest absolute Gasteiger partial charge is 0.522 e. The average molecular weight is 370 g/mol. The second-order valence-corrected chi connectivity index (χ2v) is 6.51. The van der Waals surface area contributed by atoms with Crippen LogP contribution in [0.3, 0.4) is 0 Å². The molecular formula is C17H15FN6O3+. The van der Waals surface area contributed by atoms with Gasteiger partial charge in [-0.1, -0.05) is 5.43 Å². The van der Waals surface area contributed by atoms with Gasteiger partial charge in [-0.25, -0.2) is 14.4 Å². The van der Waals surface area contributed by atoms with E-state index in [1.807, 2.05) is 6.92 Å². The van der Waals surface area contributed by atoms with Crippen LogP contribution in [0.2, 0.25) is 0 Å². The topological polar surface area (TPSA) is 108 Å². The molecule has 4 rings (SSSR count). The Morgan fingerprint density at radius 1 is 1.33 bits per heavy atom. The van der Waals surface area contributed by atoms with Crippen LogP contribution in [-0.4, -0.2) is 32.9 Å². The molecule has 137 valence electrons. The summed E-state index contributed by atoms with van der Waals surface area (Å²) in [5.41, 5.74) is 3.84. The average Bonchev–Trinajstić information content (AvgIpc) is 3.18. The molecule has 1 aromatic carbocycles. The fourth-order valence-corrected chi connectivity index (χ4v) is 2.89. The maximum Gasteiger partial charge on any atom is 0.522 e. The fourth-order valence-electron chi connectivity index (χ4n) is 2.89. The minimum atomic E-state index is -0.564. The number of halogens is 1. The number of rotatable bonds is 5. The summed E-state index contributed by atoms with van der Waals surface area (Å²) in [5.74, 6) is 0.467. The monoisotopic (exact) mass is 370 g/mol. The third kappa shape index (κ3) is 3.39. The molecule has 0 spiro atoms. The third-order valence-electron chi connectivity index (χ3n) is 4.24. The normalized spacial score (nSPS) is 21.6. The third-order valence-corrected chi connectivity index (χ3v) is 4.24. The van der Waals surface area contributed by atoms with Crippen molar-refractivity contribution in [3.63, 3.8) is 0 Å². The molecule has 1 atom stereocenters. The second-order valence-electron chi connectivity index (χ2n) is 6.51. The SMILES string of the molecule is CC1(COc2cnc(-c3ccc(F)cc3)cn2)CC2=NC=C([N+](=O)[O-])[N+]2N1. The molecule has 27 heavy (non-hydrogen) atoms. The quantitative estimate of drug-likeness (QED) is 0.490. The maximum absolute atomic E-state index is 13.0. The van der Waals surface area contributed by atoms with Gasteiger partial charge in [0.15, 0.2) is 6.20 Å². The van der Waals surface area contributed by atoms with E-state index in [1.165, 1.54) is 29.5 Å². The first-order valence-corrected chi connectivity index (χ1v) is 8.13. The molecule has 1 unspecified atom stereocenters. The number of amidine groups is 1. The van der Waals surface area contributed by atoms with Crippen LogP contribution in [0, 0.1) is 15.9 Å². The lowest BCUT2D eigenvalue weighted by Crippen LogP contribution is -2.51. The highest BCUT2D eigenvalue weighted by atomic mass is 19.1. The van der Waals surface area contributed by atoms with Crippen LogP contribution in [0.4, 0.5) is 4.39 Å². The summed E-state index contributed by atoms with van der Waals surface area (Å²) in [6.45, 7) is 2.10. The molecule has 1 fully saturated rings. The minimum Gasteiger partial charge on any atom is -0.474 e. The number of hydrogen-bond acceptors (Lipinski definition) is 8. The summed E-state index contributed by atoms with van der Waals surface area (Å²) in [7, 11) is 0. The lowest BCUT2D eigenvalue weighted by Gasteiger charge is -2.19. The molecule has 2 aromatic rings. The Morgan fingerprint density at radius 3 is 2.78 bits per heavy atom. The molecule has 0 saturated carbocycles. The minimum absolute atomic E-state index is 0.114. The number of benzene rings is 1. The van der Waals surface area contributed by atoms with Crippen molar-refractivity contribution in [2.75, 3.05) is 6.61 Å². The molecule has 10 heteroatoms. The summed E-state index contributed by atoms with van der Waals surface area (Å²) in [4.78, 5) is 23.1. The number of nitrogens with one attached hydrogen (secondary N) is 1. The van der Waals surface area contributed by atoms with Crippen molar-refractivity contribution >= 4 is 5.84 Å². The summed E-state index contributed by atoms with van der Waals surface area (Å²) < 4.78 is 18.7. The first kappa shape index (κ1) is 17.2. The van der Waals surface area contributed by atoms with Gasteiger partial charge in [0.2, 0.25) is 5.88 Å². The van der Waals surface area contributed by atoms with Gasteiger partial charge in [-0.2, -0.15) is 4.99 Å². The van der Waals surface area contributed by atoms with E-state index in [9.17, 15) is 14.5 Å². The van der Waals surface area contributed by atoms with Gasteiger partial charge in [-0.3, -0.25) is 10.1 Å². The van der Waals surface area contributed by atoms with E-state index in [4.69, 9.17) is 4.74 Å². The molecule has 2 aliphatic rings. The zero-order chi connectivity index (χ0) is 19.0. The molecular weight excluding hydrogens is 355 g/mol. The van der Waals surface area contributed by atoms with Crippen molar-refractivity contribution in [1.29, 1.82) is 0 Å². The van der Waals surface area contributed by atoms with Crippen LogP contribution in [0.1, 0.15) is 13.3 Å². The summed E-state index contributed by atoms with van der Waals surface area (Å²) in [6, 6.07) is 5.96. The highest BCUT2D eigenvalue weighted by Crippen LogP contribution is 2.26. The first-order chi connectivity index (χ1) is 12.9. The lowest BCUT2D eigenvalue weighted by molar-refractivity contribution is -0.436. The Morgan fingerprint density at radius 2 is 2.11 bits per heavy atom. The highest BCUT2D eigenvalue weighted by molar-refractivity contribution is 5.91. The zero-order valence-corrected chi connectivity index (χ0v) is 14.3. The van der Waals surface area contributed by atoms with E-state index in [2.05, 4.69) is 20.4 Å². The number of nitro groups is 1. The van der Waals surface area contributed by atoms with Crippen LogP contribution in [0.5, 0.6) is 5.88 Å². The number of aromatic nitrogens is 2. The Balaban J connectivity index is 1.39. The van der Waals surface area contributed by atoms with Gasteiger partial charge in [0.05, 0.1) is 29.5 Å². The smallest absolute Gasteiger partial charge is 0.474 e. The number of ether oxygens (including phenoxy) is 1. The van der Waals surface area contributed by atoms with E-state index in [1.54, 1.807) is 18.3 Å². The van der Waals surface area contributed by atoms with Gasteiger partial charge in [-0.15, -0.1) is 0 Å². The van der Waals surface area contributed by atoms with Gasteiger partial charge in [0.25, 0.3) is 5.84 Å². The molecule has 9 nitrogen and oxygen atoms in total. The molecule has 1 aromatic heterocycles. The number of hydrogen-bond donors (Lipinski definition) is 1. The molecule has 1 N–H and O–H groups in total. The van der Waals surface area contributed by atoms with Crippen molar-refractivity contribution in [1.82, 2.24) is 20.4 Å². The van der Waals surface area contributed by atoms with Crippen molar-refractivity contribution < 1.29 is 14.1 Å². The van der Waals surface area contributed by atoms with E-state index in [0.29, 0.717) is 23.8 Å². The molecule has 0 bridgehead atoms. The molecule has 3 heterocycles. The standard InChI is InChI=1S/C17H15FN6O3/c1-17(6-14-20-9-16(24(25)26)23(14)22-17)10-27-15-8-19-13(7-21-15)11-2-4-12(18)5-3-11/h2-5,7-9,22H,6,10H2,1H3/q+1. The van der Waals surface area contributed by atoms with Crippen LogP contribution >= 0.6 is 0 Å². The Labute approximate surface area is 153 Å². The Bertz CT molecular complexity index is 944. The summed E-state index contributed by atoms with van der Waals surface area (Å²) in [5, 5.41) is 12.4. The number of nitrogens with zero attached hydrogens (tertiary/aromatic N) is 5. The number of aliphatic imine (C=N–C) groups is 1. The number of hydrazine groups is 1. The van der Waals surface area contributed by atoms with Crippen LogP contribution < -0.4 is 15.2 Å². The predicted octanol–water partition coefficient (Wildman–Crippen LogP) is 1.96. The Hall–Kier alpha value is -3.24. The Kier molecular flexibility index (Phi) is 4.13. The van der Waals surface area contributed by atoms with Gasteiger partial charge < -0.3 is 4.74 Å². The second kappa shape index (κ2) is 6.49. The summed E-state index contributed by atoms with van der Waals surface area (Å²) >= 11 is 0. The van der Waals surface area contributed by atoms with Crippen LogP contribution in [-0.2, 0) is 0 Å². The predicted molar refractivity (Wildman–Crippen MR) is 93.7 cm³/mol. The van der Waals surface area contributed by atoms with E-state index in [-0.39, 0.29) is 18.2 Å². The fraction of sp³-hybridized carbons (Fsp3) is 0.235. The number of fused-ring (bicyclic) bond motifs is 1. The molecule has 1 radical (unpaired) electrons. The van der Waals surface area contributed by atoms with Crippen molar-refractivity contribution in [3.8, 4) is 17.1 Å². The van der Waals surface area contributed by atoms with Gasteiger partial charge in [0.1, 0.15) is 22.9 Å². The van der Waals surface area contributed by atoms with Crippen molar-refractivity contribution in [2.24, 2.45) is 4.99 Å². The maximum atomic E-state index is 13.0. The summed E-state index contributed by atoms with van der Waals surface area (Å²) in [6.07, 6.45) is 4.73. The van der Waals surface area contributed by atoms with Crippen molar-refractivity contribution in [2.45, 2.75) is 18.9 Å². The molecule has 1 saturated heterocycles. The molecule has 0 amide bonds. The zero-order valence-electron chi connectivity index (χ0n) is 14.3. The van der Waals surface area contributed by atoms with Crippen LogP contribution in [0.15, 0.2) is 53.7 Å². The van der Waals surface area contributed by atoms with Gasteiger partial charge in [0, 0.05) is 5.56 Å². The van der Waals surface area contributed by atoms with E-state index < -0.39 is 10.5 Å². The van der Waals surface area contributed by atoms with Crippen LogP contribution in [0.25, 0.3) is 11.3 Å². The lowest BCUT2D eigenvalue weighted by atomic mass is 10.0. The van der Waals surface area contributed by atoms with Crippen molar-refractivity contribution in [3.05, 3.63) is 64.6 Å².